The van der Waals surface area contributed by atoms with E-state index in [9.17, 15) is 4.79 Å². The number of benzene rings is 1. The van der Waals surface area contributed by atoms with Gasteiger partial charge in [-0.25, -0.2) is 0 Å². The van der Waals surface area contributed by atoms with Gasteiger partial charge in [-0.15, -0.1) is 0 Å². The van der Waals surface area contributed by atoms with E-state index in [0.29, 0.717) is 19.1 Å². The lowest BCUT2D eigenvalue weighted by atomic mass is 10.0. The Kier molecular flexibility index (Phi) is 5.98. The molecular weight excluding hydrogens is 256 g/mol. The van der Waals surface area contributed by atoms with Crippen LogP contribution in [0.1, 0.15) is 18.4 Å². The van der Waals surface area contributed by atoms with Crippen LogP contribution < -0.4 is 11.1 Å². The summed E-state index contributed by atoms with van der Waals surface area (Å²) in [5, 5.41) is 2.83. The fraction of sp³-hybridized carbons (Fsp3) is 0.533. The van der Waals surface area contributed by atoms with E-state index >= 15 is 0 Å². The Hall–Kier alpha value is -1.43. The summed E-state index contributed by atoms with van der Waals surface area (Å²) in [6.45, 7) is 2.69. The van der Waals surface area contributed by atoms with Gasteiger partial charge in [0.2, 0.25) is 5.91 Å². The van der Waals surface area contributed by atoms with Crippen molar-refractivity contribution in [1.82, 2.24) is 0 Å². The molecule has 1 heterocycles. The lowest BCUT2D eigenvalue weighted by Crippen LogP contribution is -2.24. The van der Waals surface area contributed by atoms with Crippen LogP contribution in [0.3, 0.4) is 0 Å². The summed E-state index contributed by atoms with van der Waals surface area (Å²) >= 11 is 0. The number of amides is 1. The zero-order valence-electron chi connectivity index (χ0n) is 11.6. The lowest BCUT2D eigenvalue weighted by molar-refractivity contribution is -0.121. The minimum absolute atomic E-state index is 0.0796. The maximum atomic E-state index is 11.8. The van der Waals surface area contributed by atoms with Crippen LogP contribution in [0.15, 0.2) is 24.3 Å². The van der Waals surface area contributed by atoms with Crippen LogP contribution in [0.2, 0.25) is 0 Å². The van der Waals surface area contributed by atoms with Gasteiger partial charge in [0, 0.05) is 25.4 Å². The Bertz CT molecular complexity index is 431. The van der Waals surface area contributed by atoms with Crippen molar-refractivity contribution in [2.45, 2.75) is 19.4 Å². The lowest BCUT2D eigenvalue weighted by Gasteiger charge is -2.21. The molecule has 0 saturated carbocycles. The van der Waals surface area contributed by atoms with Gasteiger partial charge in [-0.1, -0.05) is 18.2 Å². The molecule has 0 aromatic heterocycles. The van der Waals surface area contributed by atoms with Gasteiger partial charge in [-0.05, 0) is 30.4 Å². The number of carbonyl (C=O) groups is 1. The van der Waals surface area contributed by atoms with Crippen LogP contribution in [0.4, 0.5) is 5.69 Å². The molecule has 3 N–H and O–H groups in total. The monoisotopic (exact) mass is 278 g/mol. The number of hydrogen-bond donors (Lipinski definition) is 2. The molecule has 0 aliphatic carbocycles. The van der Waals surface area contributed by atoms with Crippen molar-refractivity contribution in [3.63, 3.8) is 0 Å². The van der Waals surface area contributed by atoms with Gasteiger partial charge in [-0.2, -0.15) is 0 Å². The molecule has 1 aromatic carbocycles. The van der Waals surface area contributed by atoms with Gasteiger partial charge in [0.25, 0.3) is 0 Å². The van der Waals surface area contributed by atoms with E-state index < -0.39 is 0 Å². The quantitative estimate of drug-likeness (QED) is 0.827. The molecule has 0 unspecified atom stereocenters. The van der Waals surface area contributed by atoms with Crippen molar-refractivity contribution in [3.05, 3.63) is 29.8 Å². The standard InChI is InChI=1S/C15H22N2O3/c16-9-13-3-1-2-4-14(13)17-15(18)11-20-10-12-5-7-19-8-6-12/h1-4,12H,5-11,16H2,(H,17,18). The van der Waals surface area contributed by atoms with Gasteiger partial charge in [0.05, 0.1) is 6.61 Å². The molecule has 0 spiro atoms. The van der Waals surface area contributed by atoms with Gasteiger partial charge >= 0.3 is 0 Å². The average Bonchev–Trinajstić information content (AvgIpc) is 2.49. The predicted molar refractivity (Wildman–Crippen MR) is 77.3 cm³/mol. The summed E-state index contributed by atoms with van der Waals surface area (Å²) in [6.07, 6.45) is 2.02. The highest BCUT2D eigenvalue weighted by atomic mass is 16.5. The molecule has 1 fully saturated rings. The number of nitrogens with two attached hydrogens (primary N) is 1. The zero-order chi connectivity index (χ0) is 14.2. The Balaban J connectivity index is 1.72. The second-order valence-corrected chi connectivity index (χ2v) is 4.98. The van der Waals surface area contributed by atoms with Crippen LogP contribution >= 0.6 is 0 Å². The third-order valence-electron chi connectivity index (χ3n) is 3.44. The molecule has 2 rings (SSSR count). The largest absolute Gasteiger partial charge is 0.381 e. The Morgan fingerprint density at radius 2 is 2.10 bits per heavy atom. The topological polar surface area (TPSA) is 73.6 Å². The molecule has 0 radical (unpaired) electrons. The van der Waals surface area contributed by atoms with Gasteiger partial charge in [0.15, 0.2) is 0 Å². The first-order valence-corrected chi connectivity index (χ1v) is 7.03. The Morgan fingerprint density at radius 3 is 2.85 bits per heavy atom. The fourth-order valence-corrected chi connectivity index (χ4v) is 2.24. The number of para-hydroxylation sites is 1. The molecular formula is C15H22N2O3. The smallest absolute Gasteiger partial charge is 0.250 e. The van der Waals surface area contributed by atoms with Crippen molar-refractivity contribution in [2.75, 3.05) is 31.7 Å². The molecule has 1 aliphatic rings. The van der Waals surface area contributed by atoms with E-state index in [2.05, 4.69) is 5.32 Å². The van der Waals surface area contributed by atoms with Crippen molar-refractivity contribution < 1.29 is 14.3 Å². The number of hydrogen-bond acceptors (Lipinski definition) is 4. The number of nitrogens with one attached hydrogen (secondary N) is 1. The third kappa shape index (κ3) is 4.59. The van der Waals surface area contributed by atoms with Crippen molar-refractivity contribution in [2.24, 2.45) is 11.7 Å². The fourth-order valence-electron chi connectivity index (χ4n) is 2.24. The maximum absolute atomic E-state index is 11.8. The molecule has 5 heteroatoms. The molecule has 5 nitrogen and oxygen atoms in total. The van der Waals surface area contributed by atoms with Crippen LogP contribution in [0.25, 0.3) is 0 Å². The molecule has 1 saturated heterocycles. The van der Waals surface area contributed by atoms with Crippen LogP contribution in [0, 0.1) is 5.92 Å². The molecule has 20 heavy (non-hydrogen) atoms. The zero-order valence-corrected chi connectivity index (χ0v) is 11.6. The maximum Gasteiger partial charge on any atom is 0.250 e. The number of anilines is 1. The first-order valence-electron chi connectivity index (χ1n) is 7.03. The Labute approximate surface area is 119 Å². The van der Waals surface area contributed by atoms with Crippen LogP contribution in [0.5, 0.6) is 0 Å². The normalized spacial score (nSPS) is 16.1. The van der Waals surface area contributed by atoms with Crippen molar-refractivity contribution in [1.29, 1.82) is 0 Å². The van der Waals surface area contributed by atoms with Crippen LogP contribution in [-0.4, -0.2) is 32.3 Å². The molecule has 1 amide bonds. The minimum atomic E-state index is -0.141. The average molecular weight is 278 g/mol. The van der Waals surface area contributed by atoms with Crippen molar-refractivity contribution in [3.8, 4) is 0 Å². The van der Waals surface area contributed by atoms with Crippen molar-refractivity contribution >= 4 is 11.6 Å². The molecule has 1 aromatic rings. The molecule has 1 aliphatic heterocycles. The van der Waals surface area contributed by atoms with E-state index in [4.69, 9.17) is 15.2 Å². The molecule has 0 bridgehead atoms. The number of rotatable bonds is 6. The molecule has 110 valence electrons. The van der Waals surface area contributed by atoms with E-state index in [1.54, 1.807) is 0 Å². The van der Waals surface area contributed by atoms with Gasteiger partial charge in [0.1, 0.15) is 6.61 Å². The number of carbonyl (C=O) groups excluding carboxylic acids is 1. The highest BCUT2D eigenvalue weighted by molar-refractivity contribution is 5.92. The minimum Gasteiger partial charge on any atom is -0.381 e. The highest BCUT2D eigenvalue weighted by Crippen LogP contribution is 2.15. The first kappa shape index (κ1) is 15.0. The third-order valence-corrected chi connectivity index (χ3v) is 3.44. The van der Waals surface area contributed by atoms with E-state index in [1.165, 1.54) is 0 Å². The first-order chi connectivity index (χ1) is 9.79. The van der Waals surface area contributed by atoms with Gasteiger partial charge in [-0.3, -0.25) is 4.79 Å². The molecule has 0 atom stereocenters. The summed E-state index contributed by atoms with van der Waals surface area (Å²) in [4.78, 5) is 11.8. The summed E-state index contributed by atoms with van der Waals surface area (Å²) in [5.41, 5.74) is 7.31. The Morgan fingerprint density at radius 1 is 1.35 bits per heavy atom. The van der Waals surface area contributed by atoms with Gasteiger partial charge < -0.3 is 20.5 Å². The summed E-state index contributed by atoms with van der Waals surface area (Å²) < 4.78 is 10.8. The van der Waals surface area contributed by atoms with Crippen LogP contribution in [-0.2, 0) is 20.8 Å². The van der Waals surface area contributed by atoms with E-state index in [0.717, 1.165) is 37.3 Å². The summed E-state index contributed by atoms with van der Waals surface area (Å²) in [5.74, 6) is 0.367. The summed E-state index contributed by atoms with van der Waals surface area (Å²) in [7, 11) is 0. The SMILES string of the molecule is NCc1ccccc1NC(=O)COCC1CCOCC1. The second-order valence-electron chi connectivity index (χ2n) is 4.98. The second kappa shape index (κ2) is 7.99. The predicted octanol–water partition coefficient (Wildman–Crippen LogP) is 1.53. The highest BCUT2D eigenvalue weighted by Gasteiger charge is 2.14. The summed E-state index contributed by atoms with van der Waals surface area (Å²) in [6, 6.07) is 7.52. The van der Waals surface area contributed by atoms with E-state index in [1.807, 2.05) is 24.3 Å². The van der Waals surface area contributed by atoms with E-state index in [-0.39, 0.29) is 12.5 Å². The number of ether oxygens (including phenoxy) is 2.